The molecule has 8 aromatic carbocycles. The van der Waals surface area contributed by atoms with E-state index in [0.717, 1.165) is 27.9 Å². The molecule has 0 saturated carbocycles. The van der Waals surface area contributed by atoms with Crippen molar-refractivity contribution in [3.63, 3.8) is 0 Å². The second-order valence-electron chi connectivity index (χ2n) is 12.5. The van der Waals surface area contributed by atoms with Gasteiger partial charge in [0.15, 0.2) is 17.5 Å². The zero-order valence-corrected chi connectivity index (χ0v) is 26.5. The molecule has 0 fully saturated rings. The lowest BCUT2D eigenvalue weighted by atomic mass is 9.96. The Bertz CT molecular complexity index is 2870. The van der Waals surface area contributed by atoms with Gasteiger partial charge in [0.2, 0.25) is 0 Å². The molecule has 0 saturated heterocycles. The fourth-order valence-corrected chi connectivity index (χ4v) is 7.27. The highest BCUT2D eigenvalue weighted by Gasteiger charge is 2.17. The van der Waals surface area contributed by atoms with E-state index in [1.807, 2.05) is 18.2 Å². The number of aromatic nitrogens is 4. The van der Waals surface area contributed by atoms with E-state index >= 15 is 0 Å². The maximum Gasteiger partial charge on any atom is 0.164 e. The predicted octanol–water partition coefficient (Wildman–Crippen LogP) is 11.4. The van der Waals surface area contributed by atoms with Gasteiger partial charge in [-0.15, -0.1) is 0 Å². The van der Waals surface area contributed by atoms with Crippen molar-refractivity contribution in [2.75, 3.05) is 0 Å². The van der Waals surface area contributed by atoms with Gasteiger partial charge in [0.25, 0.3) is 0 Å². The van der Waals surface area contributed by atoms with Crippen LogP contribution in [0.1, 0.15) is 0 Å². The largest absolute Gasteiger partial charge is 0.309 e. The number of benzene rings is 8. The summed E-state index contributed by atoms with van der Waals surface area (Å²) in [6, 6.07) is 59.8. The van der Waals surface area contributed by atoms with Crippen molar-refractivity contribution in [3.05, 3.63) is 170 Å². The highest BCUT2D eigenvalue weighted by atomic mass is 15.0. The summed E-state index contributed by atoms with van der Waals surface area (Å²) in [4.78, 5) is 15.3. The SMILES string of the molecule is c1ccc(-c2nc(-c3ccc4ccc5c6ccccc6ccc5c4c3)nc(-c3ccc4c5ccccc5n(-c5ccccc5)c4c3)n2)cc1. The average molecular weight is 625 g/mol. The summed E-state index contributed by atoms with van der Waals surface area (Å²) in [5.74, 6) is 1.93. The van der Waals surface area contributed by atoms with E-state index in [0.29, 0.717) is 17.5 Å². The minimum Gasteiger partial charge on any atom is -0.309 e. The minimum atomic E-state index is 0.639. The molecule has 0 radical (unpaired) electrons. The van der Waals surface area contributed by atoms with Crippen LogP contribution in [0.2, 0.25) is 0 Å². The third-order valence-electron chi connectivity index (χ3n) is 9.62. The lowest BCUT2D eigenvalue weighted by molar-refractivity contribution is 1.07. The van der Waals surface area contributed by atoms with Crippen LogP contribution in [0.4, 0.5) is 0 Å². The number of rotatable bonds is 4. The smallest absolute Gasteiger partial charge is 0.164 e. The van der Waals surface area contributed by atoms with E-state index in [1.54, 1.807) is 0 Å². The summed E-state index contributed by atoms with van der Waals surface area (Å²) < 4.78 is 2.33. The molecule has 0 spiro atoms. The first-order chi connectivity index (χ1) is 24.3. The van der Waals surface area contributed by atoms with Crippen molar-refractivity contribution in [1.82, 2.24) is 19.5 Å². The molecular weight excluding hydrogens is 597 g/mol. The fourth-order valence-electron chi connectivity index (χ4n) is 7.27. The van der Waals surface area contributed by atoms with Crippen LogP contribution in [-0.2, 0) is 0 Å². The molecule has 0 aliphatic rings. The third kappa shape index (κ3) is 4.49. The van der Waals surface area contributed by atoms with Gasteiger partial charge in [-0.3, -0.25) is 0 Å². The standard InChI is InChI=1S/C45H28N4/c1-3-12-31(13-4-1)43-46-44(32-20-19-30-22-24-36-35-16-8-7-11-29(35)21-25-37(36)40(30)27-32)48-45(47-43)33-23-26-39-38-17-9-10-18-41(38)49(42(39)28-33)34-14-5-2-6-15-34/h1-28H. The van der Waals surface area contributed by atoms with E-state index in [2.05, 4.69) is 156 Å². The van der Waals surface area contributed by atoms with Gasteiger partial charge in [-0.2, -0.15) is 0 Å². The van der Waals surface area contributed by atoms with Crippen LogP contribution < -0.4 is 0 Å². The van der Waals surface area contributed by atoms with E-state index in [1.165, 1.54) is 48.6 Å². The molecule has 10 rings (SSSR count). The molecule has 0 atom stereocenters. The number of hydrogen-bond donors (Lipinski definition) is 0. The van der Waals surface area contributed by atoms with Crippen LogP contribution in [0.3, 0.4) is 0 Å². The molecule has 2 heterocycles. The normalized spacial score (nSPS) is 11.7. The van der Waals surface area contributed by atoms with Crippen LogP contribution in [0.15, 0.2) is 170 Å². The van der Waals surface area contributed by atoms with Crippen molar-refractivity contribution in [3.8, 4) is 39.9 Å². The first-order valence-electron chi connectivity index (χ1n) is 16.5. The summed E-state index contributed by atoms with van der Waals surface area (Å²) >= 11 is 0. The van der Waals surface area contributed by atoms with E-state index in [9.17, 15) is 0 Å². The molecule has 4 heteroatoms. The Morgan fingerprint density at radius 2 is 0.816 bits per heavy atom. The summed E-state index contributed by atoms with van der Waals surface area (Å²) in [6.07, 6.45) is 0. The summed E-state index contributed by atoms with van der Waals surface area (Å²) in [5, 5.41) is 9.72. The molecule has 0 aliphatic carbocycles. The topological polar surface area (TPSA) is 43.6 Å². The minimum absolute atomic E-state index is 0.639. The zero-order valence-electron chi connectivity index (χ0n) is 26.5. The molecule has 2 aromatic heterocycles. The summed E-state index contributed by atoms with van der Waals surface area (Å²) in [5.41, 5.74) is 6.23. The van der Waals surface area contributed by atoms with Crippen molar-refractivity contribution in [2.24, 2.45) is 0 Å². The maximum atomic E-state index is 5.17. The van der Waals surface area contributed by atoms with Crippen LogP contribution in [-0.4, -0.2) is 19.5 Å². The number of nitrogens with zero attached hydrogens (tertiary/aromatic N) is 4. The Labute approximate surface area is 282 Å². The monoisotopic (exact) mass is 624 g/mol. The van der Waals surface area contributed by atoms with E-state index in [-0.39, 0.29) is 0 Å². The molecule has 0 aliphatic heterocycles. The van der Waals surface area contributed by atoms with Gasteiger partial charge >= 0.3 is 0 Å². The van der Waals surface area contributed by atoms with E-state index < -0.39 is 0 Å². The Morgan fingerprint density at radius 3 is 1.59 bits per heavy atom. The second-order valence-corrected chi connectivity index (χ2v) is 12.5. The van der Waals surface area contributed by atoms with Gasteiger partial charge < -0.3 is 4.57 Å². The zero-order chi connectivity index (χ0) is 32.3. The van der Waals surface area contributed by atoms with Crippen LogP contribution in [0.5, 0.6) is 0 Å². The van der Waals surface area contributed by atoms with E-state index in [4.69, 9.17) is 15.0 Å². The average Bonchev–Trinajstić information content (AvgIpc) is 3.51. The Morgan fingerprint density at radius 1 is 0.306 bits per heavy atom. The molecule has 0 unspecified atom stereocenters. The van der Waals surface area contributed by atoms with Crippen molar-refractivity contribution < 1.29 is 0 Å². The fraction of sp³-hybridized carbons (Fsp3) is 0. The van der Waals surface area contributed by atoms with Gasteiger partial charge in [-0.1, -0.05) is 140 Å². The lowest BCUT2D eigenvalue weighted by Crippen LogP contribution is -2.00. The maximum absolute atomic E-state index is 5.17. The van der Waals surface area contributed by atoms with Crippen LogP contribution in [0, 0.1) is 0 Å². The third-order valence-corrected chi connectivity index (χ3v) is 9.62. The van der Waals surface area contributed by atoms with Crippen molar-refractivity contribution in [1.29, 1.82) is 0 Å². The van der Waals surface area contributed by atoms with Crippen LogP contribution in [0.25, 0.3) is 94.0 Å². The van der Waals surface area contributed by atoms with Gasteiger partial charge in [0, 0.05) is 33.2 Å². The molecule has 0 N–H and O–H groups in total. The predicted molar refractivity (Wildman–Crippen MR) is 203 cm³/mol. The molecular formula is C45H28N4. The molecule has 228 valence electrons. The summed E-state index contributed by atoms with van der Waals surface area (Å²) in [6.45, 7) is 0. The molecule has 10 aromatic rings. The number of fused-ring (bicyclic) bond motifs is 8. The molecule has 0 amide bonds. The Hall–Kier alpha value is -6.65. The first kappa shape index (κ1) is 27.5. The van der Waals surface area contributed by atoms with Crippen molar-refractivity contribution >= 4 is 54.1 Å². The quantitative estimate of drug-likeness (QED) is 0.183. The lowest BCUT2D eigenvalue weighted by Gasteiger charge is -2.12. The highest BCUT2D eigenvalue weighted by molar-refractivity contribution is 6.17. The summed E-state index contributed by atoms with van der Waals surface area (Å²) in [7, 11) is 0. The second kappa shape index (κ2) is 11.0. The number of para-hydroxylation sites is 2. The molecule has 4 nitrogen and oxygen atoms in total. The molecule has 0 bridgehead atoms. The Kier molecular flexibility index (Phi) is 6.15. The first-order valence-corrected chi connectivity index (χ1v) is 16.5. The van der Waals surface area contributed by atoms with Crippen molar-refractivity contribution in [2.45, 2.75) is 0 Å². The van der Waals surface area contributed by atoms with Gasteiger partial charge in [0.05, 0.1) is 11.0 Å². The van der Waals surface area contributed by atoms with Gasteiger partial charge in [-0.25, -0.2) is 15.0 Å². The Balaban J connectivity index is 1.20. The molecule has 49 heavy (non-hydrogen) atoms. The van der Waals surface area contributed by atoms with Gasteiger partial charge in [0.1, 0.15) is 0 Å². The highest BCUT2D eigenvalue weighted by Crippen LogP contribution is 2.36. The van der Waals surface area contributed by atoms with Crippen LogP contribution >= 0.6 is 0 Å². The van der Waals surface area contributed by atoms with Gasteiger partial charge in [-0.05, 0) is 62.6 Å². The number of hydrogen-bond acceptors (Lipinski definition) is 3.